The summed E-state index contributed by atoms with van der Waals surface area (Å²) in [5, 5.41) is -1.03. The Morgan fingerprint density at radius 1 is 1.33 bits per heavy atom. The minimum Gasteiger partial charge on any atom is -0.233 e. The van der Waals surface area contributed by atoms with E-state index in [1.165, 1.54) is 0 Å². The smallest absolute Gasteiger partial charge is 0.233 e. The molecule has 0 N–H and O–H groups in total. The number of rotatable bonds is 1. The Kier molecular flexibility index (Phi) is 2.80. The normalized spacial score (nSPS) is 10.8. The average Bonchev–Trinajstić information content (AvgIpc) is 1.96. The van der Waals surface area contributed by atoms with Crippen molar-refractivity contribution in [3.05, 3.63) is 27.8 Å². The second-order valence-electron chi connectivity index (χ2n) is 1.93. The monoisotopic (exact) mass is 215 g/mol. The van der Waals surface area contributed by atoms with Crippen LogP contribution >= 0.6 is 23.2 Å². The Morgan fingerprint density at radius 3 is 2.42 bits per heavy atom. The molecule has 0 unspecified atom stereocenters. The first kappa shape index (κ1) is 9.61. The molecular weight excluding hydrogens is 214 g/mol. The van der Waals surface area contributed by atoms with E-state index in [4.69, 9.17) is 23.2 Å². The van der Waals surface area contributed by atoms with E-state index in [9.17, 15) is 13.2 Å². The Labute approximate surface area is 76.1 Å². The van der Waals surface area contributed by atoms with Crippen molar-refractivity contribution in [1.82, 2.24) is 4.98 Å². The molecular formula is C6H2Cl2F3N. The van der Waals surface area contributed by atoms with Gasteiger partial charge in [0.2, 0.25) is 0 Å². The van der Waals surface area contributed by atoms with Crippen molar-refractivity contribution in [2.45, 2.75) is 6.43 Å². The highest BCUT2D eigenvalue weighted by molar-refractivity contribution is 6.32. The molecule has 0 aliphatic carbocycles. The number of hydrogen-bond donors (Lipinski definition) is 0. The molecule has 66 valence electrons. The maximum Gasteiger partial charge on any atom is 0.282 e. The summed E-state index contributed by atoms with van der Waals surface area (Å²) in [7, 11) is 0. The Hall–Kier alpha value is -0.480. The molecule has 1 rings (SSSR count). The van der Waals surface area contributed by atoms with E-state index in [0.717, 1.165) is 6.07 Å². The quantitative estimate of drug-likeness (QED) is 0.655. The van der Waals surface area contributed by atoms with E-state index in [0.29, 0.717) is 0 Å². The molecule has 0 spiro atoms. The molecule has 1 aromatic rings. The van der Waals surface area contributed by atoms with E-state index in [2.05, 4.69) is 4.98 Å². The van der Waals surface area contributed by atoms with Gasteiger partial charge in [0.25, 0.3) is 6.43 Å². The molecule has 0 saturated carbocycles. The molecule has 0 fully saturated rings. The van der Waals surface area contributed by atoms with Gasteiger partial charge in [0.1, 0.15) is 21.7 Å². The molecule has 0 aliphatic rings. The van der Waals surface area contributed by atoms with Gasteiger partial charge in [0.05, 0.1) is 0 Å². The summed E-state index contributed by atoms with van der Waals surface area (Å²) in [5.74, 6) is -0.994. The highest BCUT2D eigenvalue weighted by Crippen LogP contribution is 2.28. The zero-order valence-corrected chi connectivity index (χ0v) is 7.00. The van der Waals surface area contributed by atoms with Crippen LogP contribution in [0, 0.1) is 5.82 Å². The fraction of sp³-hybridized carbons (Fsp3) is 0.167. The maximum atomic E-state index is 12.6. The SMILES string of the molecule is Fc1cc(Cl)nc(C(F)F)c1Cl. The van der Waals surface area contributed by atoms with E-state index in [-0.39, 0.29) is 5.15 Å². The summed E-state index contributed by atoms with van der Waals surface area (Å²) in [6.45, 7) is 0. The first-order valence-corrected chi connectivity index (χ1v) is 3.57. The van der Waals surface area contributed by atoms with Crippen molar-refractivity contribution >= 4 is 23.2 Å². The van der Waals surface area contributed by atoms with Crippen molar-refractivity contribution < 1.29 is 13.2 Å². The number of pyridine rings is 1. The first-order valence-electron chi connectivity index (χ1n) is 2.82. The van der Waals surface area contributed by atoms with E-state index >= 15 is 0 Å². The Morgan fingerprint density at radius 2 is 1.92 bits per heavy atom. The van der Waals surface area contributed by atoms with Crippen LogP contribution in [-0.4, -0.2) is 4.98 Å². The third-order valence-electron chi connectivity index (χ3n) is 1.11. The molecule has 0 amide bonds. The molecule has 0 saturated heterocycles. The Bertz CT molecular complexity index is 303. The topological polar surface area (TPSA) is 12.9 Å². The molecule has 0 bridgehead atoms. The van der Waals surface area contributed by atoms with Gasteiger partial charge in [-0.3, -0.25) is 0 Å². The number of halogens is 5. The summed E-state index contributed by atoms with van der Waals surface area (Å²) in [6, 6.07) is 0.774. The van der Waals surface area contributed by atoms with Gasteiger partial charge in [0, 0.05) is 6.07 Å². The maximum absolute atomic E-state index is 12.6. The minimum absolute atomic E-state index is 0.341. The number of alkyl halides is 2. The van der Waals surface area contributed by atoms with Gasteiger partial charge < -0.3 is 0 Å². The fourth-order valence-electron chi connectivity index (χ4n) is 0.631. The lowest BCUT2D eigenvalue weighted by Crippen LogP contribution is -1.94. The van der Waals surface area contributed by atoms with Crippen LogP contribution in [0.1, 0.15) is 12.1 Å². The van der Waals surface area contributed by atoms with Gasteiger partial charge in [0.15, 0.2) is 0 Å². The van der Waals surface area contributed by atoms with Crippen LogP contribution in [0.25, 0.3) is 0 Å². The molecule has 0 aliphatic heterocycles. The van der Waals surface area contributed by atoms with Crippen molar-refractivity contribution in [3.8, 4) is 0 Å². The van der Waals surface area contributed by atoms with E-state index in [1.54, 1.807) is 0 Å². The second kappa shape index (κ2) is 3.49. The van der Waals surface area contributed by atoms with Crippen LogP contribution < -0.4 is 0 Å². The molecule has 1 aromatic heterocycles. The predicted molar refractivity (Wildman–Crippen MR) is 39.2 cm³/mol. The first-order chi connectivity index (χ1) is 5.52. The lowest BCUT2D eigenvalue weighted by molar-refractivity contribution is 0.145. The van der Waals surface area contributed by atoms with Crippen LogP contribution in [-0.2, 0) is 0 Å². The summed E-state index contributed by atoms with van der Waals surface area (Å²) in [6.07, 6.45) is -2.93. The summed E-state index contributed by atoms with van der Waals surface area (Å²) < 4.78 is 36.6. The molecule has 0 radical (unpaired) electrons. The summed E-state index contributed by atoms with van der Waals surface area (Å²) in [4.78, 5) is 3.18. The fourth-order valence-corrected chi connectivity index (χ4v) is 0.997. The largest absolute Gasteiger partial charge is 0.282 e. The lowest BCUT2D eigenvalue weighted by Gasteiger charge is -2.02. The zero-order valence-electron chi connectivity index (χ0n) is 5.49. The van der Waals surface area contributed by atoms with Gasteiger partial charge in [-0.15, -0.1) is 0 Å². The third-order valence-corrected chi connectivity index (χ3v) is 1.68. The van der Waals surface area contributed by atoms with Crippen molar-refractivity contribution in [2.24, 2.45) is 0 Å². The van der Waals surface area contributed by atoms with Crippen LogP contribution in [0.5, 0.6) is 0 Å². The molecule has 6 heteroatoms. The van der Waals surface area contributed by atoms with E-state index in [1.807, 2.05) is 0 Å². The van der Waals surface area contributed by atoms with E-state index < -0.39 is 23.0 Å². The zero-order chi connectivity index (χ0) is 9.30. The molecule has 1 heterocycles. The molecule has 1 nitrogen and oxygen atoms in total. The van der Waals surface area contributed by atoms with Gasteiger partial charge in [-0.2, -0.15) is 0 Å². The van der Waals surface area contributed by atoms with Gasteiger partial charge in [-0.05, 0) is 0 Å². The standard InChI is InChI=1S/C6H2Cl2F3N/c7-3-1-2(9)4(8)5(12-3)6(10)11/h1,6H. The summed E-state index contributed by atoms with van der Waals surface area (Å²) in [5.41, 5.74) is -0.832. The van der Waals surface area contributed by atoms with Crippen molar-refractivity contribution in [3.63, 3.8) is 0 Å². The highest BCUT2D eigenvalue weighted by Gasteiger charge is 2.18. The van der Waals surface area contributed by atoms with Crippen LogP contribution in [0.4, 0.5) is 13.2 Å². The summed E-state index contributed by atoms with van der Waals surface area (Å²) >= 11 is 10.4. The minimum atomic E-state index is -2.93. The van der Waals surface area contributed by atoms with Gasteiger partial charge >= 0.3 is 0 Å². The number of hydrogen-bond acceptors (Lipinski definition) is 1. The molecule has 12 heavy (non-hydrogen) atoms. The van der Waals surface area contributed by atoms with Crippen LogP contribution in [0.15, 0.2) is 6.07 Å². The van der Waals surface area contributed by atoms with Crippen LogP contribution in [0.3, 0.4) is 0 Å². The number of aromatic nitrogens is 1. The second-order valence-corrected chi connectivity index (χ2v) is 2.69. The molecule has 0 aromatic carbocycles. The van der Waals surface area contributed by atoms with Gasteiger partial charge in [-0.25, -0.2) is 18.2 Å². The Balaban J connectivity index is 3.28. The van der Waals surface area contributed by atoms with Gasteiger partial charge in [-0.1, -0.05) is 23.2 Å². The van der Waals surface area contributed by atoms with Crippen molar-refractivity contribution in [1.29, 1.82) is 0 Å². The van der Waals surface area contributed by atoms with Crippen LogP contribution in [0.2, 0.25) is 10.2 Å². The molecule has 0 atom stereocenters. The lowest BCUT2D eigenvalue weighted by atomic mass is 10.3. The third kappa shape index (κ3) is 1.81. The average molecular weight is 216 g/mol. The number of nitrogens with zero attached hydrogens (tertiary/aromatic N) is 1. The van der Waals surface area contributed by atoms with Crippen molar-refractivity contribution in [2.75, 3.05) is 0 Å². The highest BCUT2D eigenvalue weighted by atomic mass is 35.5. The predicted octanol–water partition coefficient (Wildman–Crippen LogP) is 3.47.